The minimum Gasteiger partial charge on any atom is -0.351 e. The van der Waals surface area contributed by atoms with Crippen molar-refractivity contribution in [1.82, 2.24) is 15.1 Å². The van der Waals surface area contributed by atoms with Crippen LogP contribution in [0.25, 0.3) is 0 Å². The highest BCUT2D eigenvalue weighted by atomic mass is 79.9. The van der Waals surface area contributed by atoms with Gasteiger partial charge in [-0.2, -0.15) is 18.3 Å². The van der Waals surface area contributed by atoms with Gasteiger partial charge in [-0.05, 0) is 22.4 Å². The van der Waals surface area contributed by atoms with Crippen LogP contribution in [0.15, 0.2) is 4.47 Å². The van der Waals surface area contributed by atoms with Gasteiger partial charge in [-0.1, -0.05) is 103 Å². The molecular weight excluding hydrogens is 483 g/mol. The number of aryl methyl sites for hydroxylation is 1. The van der Waals surface area contributed by atoms with Gasteiger partial charge in [0, 0.05) is 13.6 Å². The van der Waals surface area contributed by atoms with Crippen LogP contribution >= 0.6 is 15.9 Å². The lowest BCUT2D eigenvalue weighted by Crippen LogP contribution is -2.26. The second-order valence-electron chi connectivity index (χ2n) is 8.69. The third-order valence-corrected chi connectivity index (χ3v) is 6.54. The van der Waals surface area contributed by atoms with Gasteiger partial charge in [0.05, 0.1) is 4.47 Å². The Morgan fingerprint density at radius 3 is 1.62 bits per heavy atom. The van der Waals surface area contributed by atoms with E-state index in [2.05, 4.69) is 33.3 Å². The number of amides is 1. The summed E-state index contributed by atoms with van der Waals surface area (Å²) in [5.41, 5.74) is -1.18. The number of aromatic nitrogens is 2. The second-order valence-corrected chi connectivity index (χ2v) is 9.48. The van der Waals surface area contributed by atoms with Crippen LogP contribution in [-0.2, 0) is 13.2 Å². The molecule has 0 radical (unpaired) electrons. The number of nitrogens with one attached hydrogen (secondary N) is 1. The lowest BCUT2D eigenvalue weighted by atomic mass is 10.0. The Kier molecular flexibility index (Phi) is 15.0. The van der Waals surface area contributed by atoms with Gasteiger partial charge in [0.2, 0.25) is 0 Å². The van der Waals surface area contributed by atoms with E-state index in [0.717, 1.165) is 23.9 Å². The Morgan fingerprint density at radius 1 is 0.844 bits per heavy atom. The van der Waals surface area contributed by atoms with E-state index in [-0.39, 0.29) is 10.2 Å². The van der Waals surface area contributed by atoms with Gasteiger partial charge in [0.1, 0.15) is 5.69 Å². The van der Waals surface area contributed by atoms with Crippen molar-refractivity contribution in [2.75, 3.05) is 6.54 Å². The molecule has 0 saturated heterocycles. The minimum atomic E-state index is -4.59. The summed E-state index contributed by atoms with van der Waals surface area (Å²) in [4.78, 5) is 12.2. The first kappa shape index (κ1) is 29.0. The third-order valence-electron chi connectivity index (χ3n) is 5.79. The standard InChI is InChI=1S/C24H41BrF3N3O/c1-3-4-5-6-7-8-9-10-11-12-13-14-15-16-17-18-19-29-23(32)21-20(25)22(24(26,27)28)30-31(21)2/h3-19H2,1-2H3,(H,29,32). The number of carbonyl (C=O) groups is 1. The monoisotopic (exact) mass is 523 g/mol. The molecule has 186 valence electrons. The Balaban J connectivity index is 1.98. The highest BCUT2D eigenvalue weighted by Gasteiger charge is 2.39. The summed E-state index contributed by atoms with van der Waals surface area (Å²) in [5, 5.41) is 6.11. The molecular formula is C24H41BrF3N3O. The molecule has 1 aromatic heterocycles. The van der Waals surface area contributed by atoms with Gasteiger partial charge >= 0.3 is 6.18 Å². The maximum atomic E-state index is 12.9. The van der Waals surface area contributed by atoms with E-state index in [0.29, 0.717) is 6.54 Å². The molecule has 4 nitrogen and oxygen atoms in total. The van der Waals surface area contributed by atoms with Crippen molar-refractivity contribution in [3.8, 4) is 0 Å². The molecule has 0 aromatic carbocycles. The van der Waals surface area contributed by atoms with Crippen LogP contribution in [0.4, 0.5) is 13.2 Å². The first-order valence-corrected chi connectivity index (χ1v) is 13.2. The summed E-state index contributed by atoms with van der Waals surface area (Å²) in [7, 11) is 1.34. The van der Waals surface area contributed by atoms with Crippen LogP contribution in [0, 0.1) is 0 Å². The summed E-state index contributed by atoms with van der Waals surface area (Å²) in [6.07, 6.45) is 15.8. The highest BCUT2D eigenvalue weighted by Crippen LogP contribution is 2.35. The molecule has 0 saturated carbocycles. The molecule has 0 bridgehead atoms. The van der Waals surface area contributed by atoms with Crippen LogP contribution in [0.2, 0.25) is 0 Å². The number of carbonyl (C=O) groups excluding carboxylic acids is 1. The Bertz CT molecular complexity index is 647. The van der Waals surface area contributed by atoms with Gasteiger partial charge in [-0.3, -0.25) is 9.48 Å². The summed E-state index contributed by atoms with van der Waals surface area (Å²) in [5.74, 6) is -0.539. The Morgan fingerprint density at radius 2 is 1.25 bits per heavy atom. The first-order valence-electron chi connectivity index (χ1n) is 12.4. The van der Waals surface area contributed by atoms with Crippen LogP contribution in [0.5, 0.6) is 0 Å². The molecule has 1 amide bonds. The van der Waals surface area contributed by atoms with Crippen molar-refractivity contribution in [3.63, 3.8) is 0 Å². The predicted molar refractivity (Wildman–Crippen MR) is 128 cm³/mol. The number of unbranched alkanes of at least 4 members (excludes halogenated alkanes) is 15. The largest absolute Gasteiger partial charge is 0.436 e. The summed E-state index contributed by atoms with van der Waals surface area (Å²) in [6, 6.07) is 0. The maximum absolute atomic E-state index is 12.9. The fraction of sp³-hybridized carbons (Fsp3) is 0.833. The first-order chi connectivity index (χ1) is 15.3. The van der Waals surface area contributed by atoms with Gasteiger partial charge in [-0.25, -0.2) is 0 Å². The van der Waals surface area contributed by atoms with E-state index >= 15 is 0 Å². The molecule has 0 aliphatic rings. The molecule has 1 rings (SSSR count). The van der Waals surface area contributed by atoms with E-state index in [1.165, 1.54) is 90.5 Å². The fourth-order valence-corrected chi connectivity index (χ4v) is 4.63. The molecule has 0 fully saturated rings. The number of nitrogens with zero attached hydrogens (tertiary/aromatic N) is 2. The van der Waals surface area contributed by atoms with E-state index in [9.17, 15) is 18.0 Å². The highest BCUT2D eigenvalue weighted by molar-refractivity contribution is 9.10. The molecule has 1 N–H and O–H groups in total. The molecule has 0 unspecified atom stereocenters. The zero-order valence-corrected chi connectivity index (χ0v) is 21.4. The predicted octanol–water partition coefficient (Wildman–Crippen LogP) is 8.19. The number of halogens is 4. The third kappa shape index (κ3) is 11.7. The smallest absolute Gasteiger partial charge is 0.351 e. The van der Waals surface area contributed by atoms with Gasteiger partial charge in [0.25, 0.3) is 5.91 Å². The molecule has 0 aliphatic heterocycles. The van der Waals surface area contributed by atoms with Crippen LogP contribution < -0.4 is 5.32 Å². The average Bonchev–Trinajstić information content (AvgIpc) is 3.04. The topological polar surface area (TPSA) is 46.9 Å². The van der Waals surface area contributed by atoms with Crippen LogP contribution in [-0.4, -0.2) is 22.2 Å². The minimum absolute atomic E-state index is 0.103. The normalized spacial score (nSPS) is 11.8. The fourth-order valence-electron chi connectivity index (χ4n) is 3.88. The van der Waals surface area contributed by atoms with E-state index < -0.39 is 17.8 Å². The number of rotatable bonds is 18. The molecule has 0 aliphatic carbocycles. The Hall–Kier alpha value is -1.05. The van der Waals surface area contributed by atoms with Crippen LogP contribution in [0.1, 0.15) is 126 Å². The molecule has 1 aromatic rings. The van der Waals surface area contributed by atoms with Gasteiger partial charge < -0.3 is 5.32 Å². The average molecular weight is 525 g/mol. The SMILES string of the molecule is CCCCCCCCCCCCCCCCCCNC(=O)c1c(Br)c(C(F)(F)F)nn1C. The maximum Gasteiger partial charge on any atom is 0.436 e. The zero-order chi connectivity index (χ0) is 23.8. The summed E-state index contributed by atoms with van der Waals surface area (Å²) in [6.45, 7) is 2.71. The molecule has 32 heavy (non-hydrogen) atoms. The lowest BCUT2D eigenvalue weighted by molar-refractivity contribution is -0.142. The van der Waals surface area contributed by atoms with Crippen molar-refractivity contribution in [3.05, 3.63) is 15.9 Å². The van der Waals surface area contributed by atoms with E-state index in [4.69, 9.17) is 0 Å². The zero-order valence-electron chi connectivity index (χ0n) is 19.8. The van der Waals surface area contributed by atoms with Gasteiger partial charge in [-0.15, -0.1) is 0 Å². The Labute approximate surface area is 200 Å². The van der Waals surface area contributed by atoms with Crippen molar-refractivity contribution < 1.29 is 18.0 Å². The van der Waals surface area contributed by atoms with E-state index in [1.807, 2.05) is 0 Å². The number of hydrogen-bond acceptors (Lipinski definition) is 2. The summed E-state index contributed by atoms with van der Waals surface area (Å²) < 4.78 is 39.3. The van der Waals surface area contributed by atoms with Crippen molar-refractivity contribution in [1.29, 1.82) is 0 Å². The molecule has 0 spiro atoms. The molecule has 8 heteroatoms. The second kappa shape index (κ2) is 16.5. The van der Waals surface area contributed by atoms with Crippen LogP contribution in [0.3, 0.4) is 0 Å². The number of hydrogen-bond donors (Lipinski definition) is 1. The quantitative estimate of drug-likeness (QED) is 0.197. The van der Waals surface area contributed by atoms with Gasteiger partial charge in [0.15, 0.2) is 5.69 Å². The summed E-state index contributed by atoms with van der Waals surface area (Å²) >= 11 is 2.87. The lowest BCUT2D eigenvalue weighted by Gasteiger charge is -2.06. The van der Waals surface area contributed by atoms with Crippen molar-refractivity contribution >= 4 is 21.8 Å². The van der Waals surface area contributed by atoms with Crippen molar-refractivity contribution in [2.45, 2.75) is 116 Å². The van der Waals surface area contributed by atoms with E-state index in [1.54, 1.807) is 0 Å². The number of alkyl halides is 3. The molecule has 0 atom stereocenters. The van der Waals surface area contributed by atoms with Crippen molar-refractivity contribution in [2.24, 2.45) is 7.05 Å². The molecule has 1 heterocycles.